The van der Waals surface area contributed by atoms with Crippen LogP contribution in [0.1, 0.15) is 16.8 Å². The Kier molecular flexibility index (Phi) is 2.77. The van der Waals surface area contributed by atoms with Crippen LogP contribution in [-0.4, -0.2) is 15.0 Å². The first kappa shape index (κ1) is 12.4. The monoisotopic (exact) mass is 282 g/mol. The molecule has 3 aromatic rings. The lowest BCUT2D eigenvalue weighted by Gasteiger charge is -2.06. The van der Waals surface area contributed by atoms with Crippen LogP contribution in [-0.2, 0) is 0 Å². The van der Waals surface area contributed by atoms with Crippen molar-refractivity contribution in [2.75, 3.05) is 0 Å². The van der Waals surface area contributed by atoms with E-state index in [1.165, 1.54) is 0 Å². The maximum absolute atomic E-state index is 9.70. The Hall–Kier alpha value is -3.32. The first-order valence-corrected chi connectivity index (χ1v) is 6.87. The summed E-state index contributed by atoms with van der Waals surface area (Å²) in [5.41, 5.74) is 5.55. The molecule has 22 heavy (non-hydrogen) atoms. The number of hydrogen-bond acceptors (Lipinski definition) is 4. The SMILES string of the molecule is N#CC(=C1c2cccnc2-c2ncccc21)c1ccccn1. The van der Waals surface area contributed by atoms with E-state index < -0.39 is 0 Å². The Bertz CT molecular complexity index is 889. The number of fused-ring (bicyclic) bond motifs is 3. The second kappa shape index (κ2) is 4.90. The maximum Gasteiger partial charge on any atom is 0.102 e. The fourth-order valence-corrected chi connectivity index (χ4v) is 2.76. The van der Waals surface area contributed by atoms with Gasteiger partial charge in [-0.3, -0.25) is 15.0 Å². The first-order valence-electron chi connectivity index (χ1n) is 6.87. The van der Waals surface area contributed by atoms with E-state index in [1.807, 2.05) is 42.5 Å². The second-order valence-corrected chi connectivity index (χ2v) is 4.88. The molecule has 1 aliphatic rings. The molecule has 4 rings (SSSR count). The van der Waals surface area contributed by atoms with Gasteiger partial charge in [-0.1, -0.05) is 18.2 Å². The average Bonchev–Trinajstić information content (AvgIpc) is 2.92. The van der Waals surface area contributed by atoms with E-state index in [9.17, 15) is 5.26 Å². The minimum atomic E-state index is 0.543. The number of allylic oxidation sites excluding steroid dienone is 1. The Morgan fingerprint density at radius 3 is 1.95 bits per heavy atom. The normalized spacial score (nSPS) is 11.5. The molecule has 0 aliphatic heterocycles. The summed E-state index contributed by atoms with van der Waals surface area (Å²) < 4.78 is 0. The van der Waals surface area contributed by atoms with Crippen molar-refractivity contribution in [1.82, 2.24) is 15.0 Å². The van der Waals surface area contributed by atoms with Crippen LogP contribution >= 0.6 is 0 Å². The smallest absolute Gasteiger partial charge is 0.102 e. The van der Waals surface area contributed by atoms with Crippen LogP contribution in [0.2, 0.25) is 0 Å². The molecule has 0 aromatic carbocycles. The van der Waals surface area contributed by atoms with Crippen molar-refractivity contribution >= 4 is 11.1 Å². The molecular formula is C18H10N4. The molecule has 4 nitrogen and oxygen atoms in total. The minimum absolute atomic E-state index is 0.543. The molecule has 3 aromatic heterocycles. The molecule has 0 N–H and O–H groups in total. The Labute approximate surface area is 127 Å². The first-order chi connectivity index (χ1) is 10.9. The molecule has 0 saturated carbocycles. The predicted molar refractivity (Wildman–Crippen MR) is 83.2 cm³/mol. The second-order valence-electron chi connectivity index (χ2n) is 4.88. The molecule has 0 saturated heterocycles. The molecule has 0 atom stereocenters. The van der Waals surface area contributed by atoms with Crippen molar-refractivity contribution in [3.8, 4) is 17.5 Å². The van der Waals surface area contributed by atoms with Crippen LogP contribution in [0, 0.1) is 11.3 Å². The van der Waals surface area contributed by atoms with Crippen molar-refractivity contribution in [3.05, 3.63) is 77.9 Å². The molecule has 0 fully saturated rings. The van der Waals surface area contributed by atoms with Crippen LogP contribution in [0.4, 0.5) is 0 Å². The zero-order valence-corrected chi connectivity index (χ0v) is 11.6. The molecule has 4 heteroatoms. The molecule has 1 aliphatic carbocycles. The third-order valence-electron chi connectivity index (χ3n) is 3.66. The van der Waals surface area contributed by atoms with Gasteiger partial charge in [-0.2, -0.15) is 5.26 Å². The Balaban J connectivity index is 2.11. The van der Waals surface area contributed by atoms with Crippen LogP contribution < -0.4 is 0 Å². The summed E-state index contributed by atoms with van der Waals surface area (Å²) in [4.78, 5) is 13.2. The highest BCUT2D eigenvalue weighted by molar-refractivity contribution is 6.11. The van der Waals surface area contributed by atoms with Gasteiger partial charge in [0, 0.05) is 35.3 Å². The number of nitriles is 1. The molecular weight excluding hydrogens is 272 g/mol. The van der Waals surface area contributed by atoms with E-state index in [-0.39, 0.29) is 0 Å². The van der Waals surface area contributed by atoms with Gasteiger partial charge in [0.25, 0.3) is 0 Å². The highest BCUT2D eigenvalue weighted by Gasteiger charge is 2.28. The zero-order chi connectivity index (χ0) is 14.9. The van der Waals surface area contributed by atoms with Gasteiger partial charge in [-0.05, 0) is 24.3 Å². The van der Waals surface area contributed by atoms with Gasteiger partial charge in [0.05, 0.1) is 22.7 Å². The fourth-order valence-electron chi connectivity index (χ4n) is 2.76. The molecule has 3 heterocycles. The quantitative estimate of drug-likeness (QED) is 0.502. The average molecular weight is 282 g/mol. The van der Waals surface area contributed by atoms with Gasteiger partial charge in [0.1, 0.15) is 6.07 Å². The summed E-state index contributed by atoms with van der Waals surface area (Å²) in [5.74, 6) is 0. The van der Waals surface area contributed by atoms with Gasteiger partial charge in [0.15, 0.2) is 0 Å². The van der Waals surface area contributed by atoms with Gasteiger partial charge in [-0.15, -0.1) is 0 Å². The molecule has 0 unspecified atom stereocenters. The lowest BCUT2D eigenvalue weighted by atomic mass is 9.97. The largest absolute Gasteiger partial charge is 0.255 e. The Morgan fingerprint density at radius 2 is 1.41 bits per heavy atom. The molecule has 0 amide bonds. The number of hydrogen-bond donors (Lipinski definition) is 0. The van der Waals surface area contributed by atoms with Crippen LogP contribution in [0.25, 0.3) is 22.5 Å². The minimum Gasteiger partial charge on any atom is -0.255 e. The van der Waals surface area contributed by atoms with E-state index in [4.69, 9.17) is 0 Å². The summed E-state index contributed by atoms with van der Waals surface area (Å²) in [6, 6.07) is 15.6. The third-order valence-corrected chi connectivity index (χ3v) is 3.66. The Morgan fingerprint density at radius 1 is 0.773 bits per heavy atom. The van der Waals surface area contributed by atoms with Crippen molar-refractivity contribution in [3.63, 3.8) is 0 Å². The maximum atomic E-state index is 9.70. The lowest BCUT2D eigenvalue weighted by Crippen LogP contribution is -1.92. The van der Waals surface area contributed by atoms with Gasteiger partial charge < -0.3 is 0 Å². The van der Waals surface area contributed by atoms with Crippen molar-refractivity contribution in [2.24, 2.45) is 0 Å². The summed E-state index contributed by atoms with van der Waals surface area (Å²) in [6.45, 7) is 0. The van der Waals surface area contributed by atoms with Gasteiger partial charge in [0.2, 0.25) is 0 Å². The number of rotatable bonds is 1. The summed E-state index contributed by atoms with van der Waals surface area (Å²) >= 11 is 0. The van der Waals surface area contributed by atoms with Crippen molar-refractivity contribution < 1.29 is 0 Å². The molecule has 0 spiro atoms. The molecule has 102 valence electrons. The standard InChI is InChI=1S/C18H10N4/c19-11-14(15-7-1-2-8-20-15)16-12-5-3-9-21-17(12)18-13(16)6-4-10-22-18/h1-10H. The molecule has 0 bridgehead atoms. The van der Waals surface area contributed by atoms with Gasteiger partial charge in [-0.25, -0.2) is 0 Å². The highest BCUT2D eigenvalue weighted by atomic mass is 14.8. The fraction of sp³-hybridized carbons (Fsp3) is 0. The van der Waals surface area contributed by atoms with Crippen LogP contribution in [0.3, 0.4) is 0 Å². The third kappa shape index (κ3) is 1.73. The van der Waals surface area contributed by atoms with Crippen molar-refractivity contribution in [1.29, 1.82) is 5.26 Å². The predicted octanol–water partition coefficient (Wildman–Crippen LogP) is 3.33. The highest BCUT2D eigenvalue weighted by Crippen LogP contribution is 2.44. The van der Waals surface area contributed by atoms with E-state index in [0.29, 0.717) is 11.3 Å². The van der Waals surface area contributed by atoms with Gasteiger partial charge >= 0.3 is 0 Å². The van der Waals surface area contributed by atoms with Crippen LogP contribution in [0.15, 0.2) is 61.1 Å². The summed E-state index contributed by atoms with van der Waals surface area (Å²) in [7, 11) is 0. The molecule has 0 radical (unpaired) electrons. The number of nitrogens with zero attached hydrogens (tertiary/aromatic N) is 4. The van der Waals surface area contributed by atoms with E-state index >= 15 is 0 Å². The summed E-state index contributed by atoms with van der Waals surface area (Å²) in [6.07, 6.45) is 5.18. The van der Waals surface area contributed by atoms with Crippen molar-refractivity contribution in [2.45, 2.75) is 0 Å². The summed E-state index contributed by atoms with van der Waals surface area (Å²) in [5, 5.41) is 9.70. The zero-order valence-electron chi connectivity index (χ0n) is 11.6. The number of pyridine rings is 3. The lowest BCUT2D eigenvalue weighted by molar-refractivity contribution is 1.26. The number of aromatic nitrogens is 3. The van der Waals surface area contributed by atoms with E-state index in [2.05, 4.69) is 21.0 Å². The van der Waals surface area contributed by atoms with E-state index in [0.717, 1.165) is 28.1 Å². The van der Waals surface area contributed by atoms with E-state index in [1.54, 1.807) is 18.6 Å². The topological polar surface area (TPSA) is 62.5 Å². The van der Waals surface area contributed by atoms with Crippen LogP contribution in [0.5, 0.6) is 0 Å².